The van der Waals surface area contributed by atoms with E-state index in [0.717, 1.165) is 17.8 Å². The van der Waals surface area contributed by atoms with Crippen molar-refractivity contribution in [3.63, 3.8) is 0 Å². The summed E-state index contributed by atoms with van der Waals surface area (Å²) in [6.07, 6.45) is -4.46. The van der Waals surface area contributed by atoms with Gasteiger partial charge in [0.15, 0.2) is 0 Å². The van der Waals surface area contributed by atoms with Crippen molar-refractivity contribution < 1.29 is 27.9 Å². The van der Waals surface area contributed by atoms with Gasteiger partial charge in [-0.1, -0.05) is 6.07 Å². The van der Waals surface area contributed by atoms with E-state index in [4.69, 9.17) is 5.11 Å². The Labute approximate surface area is 165 Å². The lowest BCUT2D eigenvalue weighted by Gasteiger charge is -2.35. The molecular weight excluding hydrogens is 387 g/mol. The maximum atomic E-state index is 12.8. The van der Waals surface area contributed by atoms with Crippen LogP contribution in [0.3, 0.4) is 0 Å². The molecule has 29 heavy (non-hydrogen) atoms. The third-order valence-corrected chi connectivity index (χ3v) is 4.69. The maximum Gasteiger partial charge on any atom is 0.416 e. The van der Waals surface area contributed by atoms with Gasteiger partial charge in [-0.25, -0.2) is 4.79 Å². The number of aromatic carboxylic acids is 1. The second-order valence-electron chi connectivity index (χ2n) is 6.74. The van der Waals surface area contributed by atoms with E-state index < -0.39 is 17.7 Å². The number of nitrogens with zero attached hydrogens (tertiary/aromatic N) is 2. The van der Waals surface area contributed by atoms with Crippen LogP contribution in [0.5, 0.6) is 0 Å². The van der Waals surface area contributed by atoms with Crippen LogP contribution in [0, 0.1) is 0 Å². The Morgan fingerprint density at radius 2 is 1.66 bits per heavy atom. The molecule has 2 aromatic rings. The van der Waals surface area contributed by atoms with Crippen molar-refractivity contribution in [3.05, 3.63) is 59.7 Å². The number of anilines is 2. The van der Waals surface area contributed by atoms with E-state index >= 15 is 0 Å². The van der Waals surface area contributed by atoms with E-state index in [0.29, 0.717) is 26.2 Å². The number of carbonyl (C=O) groups excluding carboxylic acids is 1. The number of hydrogen-bond donors (Lipinski definition) is 2. The maximum absolute atomic E-state index is 12.8. The van der Waals surface area contributed by atoms with E-state index in [1.807, 2.05) is 4.90 Å². The second kappa shape index (κ2) is 8.52. The molecular formula is C20H20F3N3O3. The van der Waals surface area contributed by atoms with Gasteiger partial charge < -0.3 is 15.3 Å². The standard InChI is InChI=1S/C20H20F3N3O3/c21-20(22,23)15-2-1-3-16(12-15)24-18(27)13-25-8-10-26(11-9-25)17-6-4-14(5-7-17)19(28)29/h1-7,12H,8-11,13H2,(H,24,27)(H,28,29). The summed E-state index contributed by atoms with van der Waals surface area (Å²) in [7, 11) is 0. The molecule has 2 N–H and O–H groups in total. The van der Waals surface area contributed by atoms with Gasteiger partial charge in [0, 0.05) is 37.6 Å². The van der Waals surface area contributed by atoms with E-state index in [1.165, 1.54) is 12.1 Å². The number of carboxylic acids is 1. The number of alkyl halides is 3. The summed E-state index contributed by atoms with van der Waals surface area (Å²) < 4.78 is 38.3. The Hall–Kier alpha value is -3.07. The van der Waals surface area contributed by atoms with Crippen molar-refractivity contribution in [3.8, 4) is 0 Å². The minimum absolute atomic E-state index is 0.0854. The van der Waals surface area contributed by atoms with Crippen LogP contribution in [0.15, 0.2) is 48.5 Å². The molecule has 1 saturated heterocycles. The molecule has 1 heterocycles. The van der Waals surface area contributed by atoms with Gasteiger partial charge in [0.2, 0.25) is 5.91 Å². The van der Waals surface area contributed by atoms with Gasteiger partial charge >= 0.3 is 12.1 Å². The minimum atomic E-state index is -4.46. The van der Waals surface area contributed by atoms with Crippen molar-refractivity contribution in [1.82, 2.24) is 4.90 Å². The van der Waals surface area contributed by atoms with Gasteiger partial charge in [0.05, 0.1) is 17.7 Å². The lowest BCUT2D eigenvalue weighted by Crippen LogP contribution is -2.48. The number of benzene rings is 2. The molecule has 0 bridgehead atoms. The number of hydrogen-bond acceptors (Lipinski definition) is 4. The van der Waals surface area contributed by atoms with Gasteiger partial charge in [0.1, 0.15) is 0 Å². The predicted octanol–water partition coefficient (Wildman–Crippen LogP) is 3.16. The molecule has 1 amide bonds. The lowest BCUT2D eigenvalue weighted by atomic mass is 10.2. The topological polar surface area (TPSA) is 72.9 Å². The average molecular weight is 407 g/mol. The van der Waals surface area contributed by atoms with Crippen molar-refractivity contribution in [2.24, 2.45) is 0 Å². The number of nitrogens with one attached hydrogen (secondary N) is 1. The zero-order valence-corrected chi connectivity index (χ0v) is 15.4. The number of carboxylic acid groups (broad SMARTS) is 1. The summed E-state index contributed by atoms with van der Waals surface area (Å²) in [4.78, 5) is 27.1. The molecule has 1 aliphatic rings. The van der Waals surface area contributed by atoms with Crippen molar-refractivity contribution in [2.45, 2.75) is 6.18 Å². The number of carbonyl (C=O) groups is 2. The first-order valence-electron chi connectivity index (χ1n) is 9.00. The molecule has 0 aromatic heterocycles. The normalized spacial score (nSPS) is 15.2. The minimum Gasteiger partial charge on any atom is -0.478 e. The zero-order chi connectivity index (χ0) is 21.0. The highest BCUT2D eigenvalue weighted by Gasteiger charge is 2.30. The molecule has 0 spiro atoms. The van der Waals surface area contributed by atoms with Gasteiger partial charge in [-0.15, -0.1) is 0 Å². The molecule has 1 fully saturated rings. The quantitative estimate of drug-likeness (QED) is 0.797. The number of piperazine rings is 1. The largest absolute Gasteiger partial charge is 0.478 e. The monoisotopic (exact) mass is 407 g/mol. The molecule has 0 saturated carbocycles. The summed E-state index contributed by atoms with van der Waals surface area (Å²) in [6, 6.07) is 11.1. The van der Waals surface area contributed by atoms with Crippen molar-refractivity contribution in [1.29, 1.82) is 0 Å². The van der Waals surface area contributed by atoms with Crippen molar-refractivity contribution >= 4 is 23.3 Å². The highest BCUT2D eigenvalue weighted by Crippen LogP contribution is 2.30. The van der Waals surface area contributed by atoms with Crippen LogP contribution < -0.4 is 10.2 Å². The van der Waals surface area contributed by atoms with Crippen LogP contribution in [0.2, 0.25) is 0 Å². The molecule has 0 unspecified atom stereocenters. The van der Waals surface area contributed by atoms with Gasteiger partial charge in [-0.05, 0) is 42.5 Å². The average Bonchev–Trinajstić information content (AvgIpc) is 2.68. The molecule has 9 heteroatoms. The summed E-state index contributed by atoms with van der Waals surface area (Å²) in [5, 5.41) is 11.5. The van der Waals surface area contributed by atoms with Crippen LogP contribution in [0.25, 0.3) is 0 Å². The fraction of sp³-hybridized carbons (Fsp3) is 0.300. The Morgan fingerprint density at radius 1 is 1.00 bits per heavy atom. The Kier molecular flexibility index (Phi) is 6.07. The molecule has 0 radical (unpaired) electrons. The van der Waals surface area contributed by atoms with Crippen molar-refractivity contribution in [2.75, 3.05) is 42.9 Å². The first-order valence-corrected chi connectivity index (χ1v) is 9.00. The number of amides is 1. The van der Waals surface area contributed by atoms with Gasteiger partial charge in [-0.2, -0.15) is 13.2 Å². The van der Waals surface area contributed by atoms with Gasteiger partial charge in [0.25, 0.3) is 0 Å². The molecule has 154 valence electrons. The highest BCUT2D eigenvalue weighted by molar-refractivity contribution is 5.92. The Balaban J connectivity index is 1.50. The summed E-state index contributed by atoms with van der Waals surface area (Å²) in [6.45, 7) is 2.61. The number of halogens is 3. The fourth-order valence-corrected chi connectivity index (χ4v) is 3.16. The lowest BCUT2D eigenvalue weighted by molar-refractivity contribution is -0.137. The first kappa shape index (κ1) is 20.7. The molecule has 3 rings (SSSR count). The Bertz CT molecular complexity index is 877. The predicted molar refractivity (Wildman–Crippen MR) is 102 cm³/mol. The highest BCUT2D eigenvalue weighted by atomic mass is 19.4. The van der Waals surface area contributed by atoms with Crippen LogP contribution in [0.1, 0.15) is 15.9 Å². The van der Waals surface area contributed by atoms with E-state index in [1.54, 1.807) is 24.3 Å². The molecule has 0 aliphatic carbocycles. The van der Waals surface area contributed by atoms with E-state index in [9.17, 15) is 22.8 Å². The SMILES string of the molecule is O=C(CN1CCN(c2ccc(C(=O)O)cc2)CC1)Nc1cccc(C(F)(F)F)c1. The molecule has 6 nitrogen and oxygen atoms in total. The number of rotatable bonds is 5. The van der Waals surface area contributed by atoms with E-state index in [2.05, 4.69) is 10.2 Å². The van der Waals surface area contributed by atoms with Crippen LogP contribution in [-0.4, -0.2) is 54.6 Å². The van der Waals surface area contributed by atoms with E-state index in [-0.39, 0.29) is 23.7 Å². The molecule has 0 atom stereocenters. The second-order valence-corrected chi connectivity index (χ2v) is 6.74. The van der Waals surface area contributed by atoms with Crippen LogP contribution in [0.4, 0.5) is 24.5 Å². The fourth-order valence-electron chi connectivity index (χ4n) is 3.16. The van der Waals surface area contributed by atoms with Crippen LogP contribution >= 0.6 is 0 Å². The zero-order valence-electron chi connectivity index (χ0n) is 15.4. The summed E-state index contributed by atoms with van der Waals surface area (Å²) >= 11 is 0. The third kappa shape index (κ3) is 5.47. The molecule has 1 aliphatic heterocycles. The third-order valence-electron chi connectivity index (χ3n) is 4.69. The van der Waals surface area contributed by atoms with Crippen LogP contribution in [-0.2, 0) is 11.0 Å². The summed E-state index contributed by atoms with van der Waals surface area (Å²) in [5.74, 6) is -1.35. The summed E-state index contributed by atoms with van der Waals surface area (Å²) in [5.41, 5.74) is 0.432. The van der Waals surface area contributed by atoms with Gasteiger partial charge in [-0.3, -0.25) is 9.69 Å². The molecule has 2 aromatic carbocycles. The Morgan fingerprint density at radius 3 is 2.24 bits per heavy atom. The smallest absolute Gasteiger partial charge is 0.416 e. The first-order chi connectivity index (χ1) is 13.7.